The maximum absolute atomic E-state index is 13.0. The minimum atomic E-state index is 0.0124. The van der Waals surface area contributed by atoms with Gasteiger partial charge in [-0.3, -0.25) is 4.79 Å². The molecule has 5 rings (SSSR count). The molecule has 1 aliphatic carbocycles. The fourth-order valence-corrected chi connectivity index (χ4v) is 6.36. The number of carbonyl (C=O) groups is 1. The SMILES string of the molecule is CN(CCNC(=O)c1ccc2c(c1)C(C)(C)CCC2(C)C)CCNc1cc(N2CCCC2)nc(N2CCCC2)n1. The van der Waals surface area contributed by atoms with E-state index in [2.05, 4.69) is 78.3 Å². The molecule has 0 bridgehead atoms. The van der Waals surface area contributed by atoms with Gasteiger partial charge in [0.1, 0.15) is 11.6 Å². The third kappa shape index (κ3) is 6.54. The molecular formula is C32H49N7O. The van der Waals surface area contributed by atoms with Crippen molar-refractivity contribution < 1.29 is 4.79 Å². The van der Waals surface area contributed by atoms with Crippen molar-refractivity contribution in [3.05, 3.63) is 41.0 Å². The van der Waals surface area contributed by atoms with Gasteiger partial charge >= 0.3 is 0 Å². The molecule has 2 aromatic rings. The highest BCUT2D eigenvalue weighted by atomic mass is 16.1. The van der Waals surface area contributed by atoms with Crippen LogP contribution in [0, 0.1) is 0 Å². The first-order valence-electron chi connectivity index (χ1n) is 15.4. The average molecular weight is 548 g/mol. The van der Waals surface area contributed by atoms with Gasteiger partial charge in [-0.25, -0.2) is 0 Å². The molecule has 0 spiro atoms. The van der Waals surface area contributed by atoms with Crippen LogP contribution in [0.3, 0.4) is 0 Å². The van der Waals surface area contributed by atoms with Crippen molar-refractivity contribution in [3.8, 4) is 0 Å². The van der Waals surface area contributed by atoms with Crippen molar-refractivity contribution in [1.29, 1.82) is 0 Å². The molecule has 8 heteroatoms. The number of anilines is 3. The Hall–Kier alpha value is -2.87. The first-order chi connectivity index (χ1) is 19.1. The lowest BCUT2D eigenvalue weighted by Crippen LogP contribution is -2.36. The van der Waals surface area contributed by atoms with E-state index < -0.39 is 0 Å². The topological polar surface area (TPSA) is 76.6 Å². The molecule has 0 radical (unpaired) electrons. The van der Waals surface area contributed by atoms with E-state index in [9.17, 15) is 4.79 Å². The number of hydrogen-bond donors (Lipinski definition) is 2. The molecule has 0 atom stereocenters. The van der Waals surface area contributed by atoms with Crippen molar-refractivity contribution >= 4 is 23.5 Å². The van der Waals surface area contributed by atoms with Gasteiger partial charge in [-0.1, -0.05) is 33.8 Å². The first kappa shape index (κ1) is 28.7. The molecule has 0 saturated carbocycles. The normalized spacial score (nSPS) is 19.6. The second-order valence-electron chi connectivity index (χ2n) is 13.3. The molecule has 3 heterocycles. The number of rotatable bonds is 10. The molecular weight excluding hydrogens is 498 g/mol. The molecule has 8 nitrogen and oxygen atoms in total. The monoisotopic (exact) mass is 547 g/mol. The molecule has 1 amide bonds. The quantitative estimate of drug-likeness (QED) is 0.443. The van der Waals surface area contributed by atoms with E-state index >= 15 is 0 Å². The van der Waals surface area contributed by atoms with Gasteiger partial charge in [0.05, 0.1) is 0 Å². The maximum atomic E-state index is 13.0. The number of nitrogens with zero attached hydrogens (tertiary/aromatic N) is 5. The fraction of sp³-hybridized carbons (Fsp3) is 0.656. The highest BCUT2D eigenvalue weighted by Gasteiger charge is 2.37. The summed E-state index contributed by atoms with van der Waals surface area (Å²) in [7, 11) is 2.10. The molecule has 1 aromatic heterocycles. The maximum Gasteiger partial charge on any atom is 0.251 e. The summed E-state index contributed by atoms with van der Waals surface area (Å²) in [6.45, 7) is 16.5. The van der Waals surface area contributed by atoms with Crippen LogP contribution < -0.4 is 20.4 Å². The lowest BCUT2D eigenvalue weighted by molar-refractivity contribution is 0.0949. The molecule has 40 heavy (non-hydrogen) atoms. The number of carbonyl (C=O) groups excluding carboxylic acids is 1. The zero-order valence-corrected chi connectivity index (χ0v) is 25.4. The van der Waals surface area contributed by atoms with Gasteiger partial charge in [-0.05, 0) is 79.7 Å². The van der Waals surface area contributed by atoms with Gasteiger partial charge in [0.25, 0.3) is 5.91 Å². The van der Waals surface area contributed by atoms with E-state index in [1.165, 1.54) is 43.2 Å². The van der Waals surface area contributed by atoms with E-state index in [1.807, 2.05) is 6.07 Å². The molecule has 0 unspecified atom stereocenters. The highest BCUT2D eigenvalue weighted by molar-refractivity contribution is 5.94. The van der Waals surface area contributed by atoms with E-state index in [0.717, 1.165) is 75.4 Å². The Kier molecular flexibility index (Phi) is 8.55. The Morgan fingerprint density at radius 2 is 1.48 bits per heavy atom. The lowest BCUT2D eigenvalue weighted by Gasteiger charge is -2.42. The molecule has 3 aliphatic rings. The molecule has 2 aliphatic heterocycles. The van der Waals surface area contributed by atoms with Crippen molar-refractivity contribution in [2.75, 3.05) is 74.5 Å². The van der Waals surface area contributed by atoms with E-state index in [0.29, 0.717) is 6.54 Å². The Labute approximate surface area is 240 Å². The van der Waals surface area contributed by atoms with Gasteiger partial charge in [-0.2, -0.15) is 9.97 Å². The summed E-state index contributed by atoms with van der Waals surface area (Å²) in [6, 6.07) is 8.42. The number of amides is 1. The van der Waals surface area contributed by atoms with Crippen LogP contribution in [0.2, 0.25) is 0 Å². The van der Waals surface area contributed by atoms with Crippen molar-refractivity contribution in [2.45, 2.75) is 77.0 Å². The van der Waals surface area contributed by atoms with Gasteiger partial charge in [0.15, 0.2) is 0 Å². The summed E-state index contributed by atoms with van der Waals surface area (Å²) in [4.78, 5) is 29.7. The van der Waals surface area contributed by atoms with Crippen LogP contribution in [0.5, 0.6) is 0 Å². The summed E-state index contributed by atoms with van der Waals surface area (Å²) in [5.74, 6) is 2.81. The number of benzene rings is 1. The standard InChI is InChI=1S/C32H49N7O/c1-31(2)12-13-32(3,4)26-22-24(10-11-25(26)31)29(40)34-15-21-37(5)20-14-33-27-23-28(38-16-6-7-17-38)36-30(35-27)39-18-8-9-19-39/h10-11,22-23H,6-9,12-21H2,1-5H3,(H,34,40)(H,33,35,36). The second-order valence-corrected chi connectivity index (χ2v) is 13.3. The average Bonchev–Trinajstić information content (AvgIpc) is 3.66. The predicted molar refractivity (Wildman–Crippen MR) is 165 cm³/mol. The van der Waals surface area contributed by atoms with Crippen LogP contribution in [0.25, 0.3) is 0 Å². The molecule has 2 saturated heterocycles. The number of hydrogen-bond acceptors (Lipinski definition) is 7. The molecule has 2 fully saturated rings. The minimum Gasteiger partial charge on any atom is -0.369 e. The van der Waals surface area contributed by atoms with Crippen LogP contribution >= 0.6 is 0 Å². The number of fused-ring (bicyclic) bond motifs is 1. The van der Waals surface area contributed by atoms with Gasteiger partial charge < -0.3 is 25.3 Å². The fourth-order valence-electron chi connectivity index (χ4n) is 6.36. The molecule has 218 valence electrons. The summed E-state index contributed by atoms with van der Waals surface area (Å²) in [5, 5.41) is 6.68. The number of nitrogens with one attached hydrogen (secondary N) is 2. The lowest BCUT2D eigenvalue weighted by atomic mass is 9.63. The van der Waals surface area contributed by atoms with Crippen LogP contribution in [-0.2, 0) is 10.8 Å². The second kappa shape index (κ2) is 11.9. The zero-order valence-electron chi connectivity index (χ0n) is 25.4. The summed E-state index contributed by atoms with van der Waals surface area (Å²) >= 11 is 0. The van der Waals surface area contributed by atoms with Gasteiger partial charge in [-0.15, -0.1) is 0 Å². The zero-order chi connectivity index (χ0) is 28.3. The van der Waals surface area contributed by atoms with Gasteiger partial charge in [0, 0.05) is 64.0 Å². The van der Waals surface area contributed by atoms with Gasteiger partial charge in [0.2, 0.25) is 5.95 Å². The number of aromatic nitrogens is 2. The smallest absolute Gasteiger partial charge is 0.251 e. The summed E-state index contributed by atoms with van der Waals surface area (Å²) in [5.41, 5.74) is 3.73. The Balaban J connectivity index is 1.11. The van der Waals surface area contributed by atoms with Crippen molar-refractivity contribution in [2.24, 2.45) is 0 Å². The van der Waals surface area contributed by atoms with Crippen LogP contribution in [0.15, 0.2) is 24.3 Å². The van der Waals surface area contributed by atoms with Crippen molar-refractivity contribution in [3.63, 3.8) is 0 Å². The first-order valence-corrected chi connectivity index (χ1v) is 15.4. The molecule has 2 N–H and O–H groups in total. The van der Waals surface area contributed by atoms with E-state index in [4.69, 9.17) is 9.97 Å². The van der Waals surface area contributed by atoms with Crippen LogP contribution in [0.1, 0.15) is 87.7 Å². The highest BCUT2D eigenvalue weighted by Crippen LogP contribution is 2.45. The third-order valence-electron chi connectivity index (χ3n) is 9.21. The van der Waals surface area contributed by atoms with Crippen LogP contribution in [-0.4, -0.2) is 80.2 Å². The van der Waals surface area contributed by atoms with Crippen LogP contribution in [0.4, 0.5) is 17.6 Å². The van der Waals surface area contributed by atoms with E-state index in [1.54, 1.807) is 0 Å². The molecule has 1 aromatic carbocycles. The third-order valence-corrected chi connectivity index (χ3v) is 9.21. The van der Waals surface area contributed by atoms with Crippen molar-refractivity contribution in [1.82, 2.24) is 20.2 Å². The summed E-state index contributed by atoms with van der Waals surface area (Å²) in [6.07, 6.45) is 7.21. The largest absolute Gasteiger partial charge is 0.369 e. The Bertz CT molecular complexity index is 1150. The predicted octanol–water partition coefficient (Wildman–Crippen LogP) is 4.80. The Morgan fingerprint density at radius 1 is 0.850 bits per heavy atom. The van der Waals surface area contributed by atoms with E-state index in [-0.39, 0.29) is 16.7 Å². The minimum absolute atomic E-state index is 0.0124. The summed E-state index contributed by atoms with van der Waals surface area (Å²) < 4.78 is 0. The number of likely N-dealkylation sites (N-methyl/N-ethyl adjacent to an activating group) is 1. The Morgan fingerprint density at radius 3 is 2.17 bits per heavy atom.